The number of benzene rings is 1. The van der Waals surface area contributed by atoms with E-state index < -0.39 is 0 Å². The monoisotopic (exact) mass is 253 g/mol. The molecule has 1 heterocycles. The maximum atomic E-state index is 4.30. The van der Waals surface area contributed by atoms with E-state index in [4.69, 9.17) is 0 Å². The Morgan fingerprint density at radius 1 is 1.50 bits per heavy atom. The summed E-state index contributed by atoms with van der Waals surface area (Å²) in [6, 6.07) is 6.37. The molecule has 0 saturated heterocycles. The molecule has 0 atom stereocenters. The molecule has 4 heteroatoms. The van der Waals surface area contributed by atoms with Gasteiger partial charge in [-0.15, -0.1) is 0 Å². The Balaban J connectivity index is 2.59. The number of nitrogens with zero attached hydrogens (tertiary/aromatic N) is 2. The summed E-state index contributed by atoms with van der Waals surface area (Å²) in [5, 5.41) is 8.60. The van der Waals surface area contributed by atoms with Crippen molar-refractivity contribution in [1.29, 1.82) is 0 Å². The van der Waals surface area contributed by atoms with E-state index in [2.05, 4.69) is 44.5 Å². The molecule has 0 aliphatic carbocycles. The zero-order chi connectivity index (χ0) is 10.1. The van der Waals surface area contributed by atoms with E-state index in [-0.39, 0.29) is 0 Å². The highest BCUT2D eigenvalue weighted by Gasteiger charge is 2.05. The normalized spacial score (nSPS) is 11.1. The summed E-state index contributed by atoms with van der Waals surface area (Å²) < 4.78 is 2.79. The Hall–Kier alpha value is -0.870. The van der Waals surface area contributed by atoms with Gasteiger partial charge in [0.25, 0.3) is 0 Å². The van der Waals surface area contributed by atoms with Gasteiger partial charge < -0.3 is 5.32 Å². The number of aryl methyl sites for hydroxylation is 1. The fraction of sp³-hybridized carbons (Fsp3) is 0.300. The summed E-state index contributed by atoms with van der Waals surface area (Å²) in [5.74, 6) is 0. The SMILES string of the molecule is CNCc1ccc2c(c1)c(Br)nn2C. The molecule has 0 amide bonds. The van der Waals surface area contributed by atoms with Gasteiger partial charge in [0.2, 0.25) is 0 Å². The molecule has 2 rings (SSSR count). The quantitative estimate of drug-likeness (QED) is 0.888. The van der Waals surface area contributed by atoms with Crippen LogP contribution >= 0.6 is 15.9 Å². The first-order chi connectivity index (χ1) is 6.72. The fourth-order valence-corrected chi connectivity index (χ4v) is 2.14. The minimum atomic E-state index is 0.886. The molecule has 0 aliphatic heterocycles. The largest absolute Gasteiger partial charge is 0.316 e. The maximum absolute atomic E-state index is 4.30. The van der Waals surface area contributed by atoms with Crippen molar-refractivity contribution in [2.75, 3.05) is 7.05 Å². The molecule has 74 valence electrons. The highest BCUT2D eigenvalue weighted by atomic mass is 79.9. The topological polar surface area (TPSA) is 29.9 Å². The van der Waals surface area contributed by atoms with E-state index in [1.54, 1.807) is 0 Å². The van der Waals surface area contributed by atoms with Crippen LogP contribution in [0, 0.1) is 0 Å². The Kier molecular flexibility index (Phi) is 2.56. The van der Waals surface area contributed by atoms with Gasteiger partial charge in [-0.1, -0.05) is 6.07 Å². The average Bonchev–Trinajstić information content (AvgIpc) is 2.43. The van der Waals surface area contributed by atoms with Crippen molar-refractivity contribution >= 4 is 26.8 Å². The van der Waals surface area contributed by atoms with Gasteiger partial charge in [0, 0.05) is 19.0 Å². The summed E-state index contributed by atoms with van der Waals surface area (Å²) in [5.41, 5.74) is 2.42. The Morgan fingerprint density at radius 2 is 2.29 bits per heavy atom. The van der Waals surface area contributed by atoms with E-state index in [9.17, 15) is 0 Å². The predicted molar refractivity (Wildman–Crippen MR) is 61.2 cm³/mol. The number of nitrogens with one attached hydrogen (secondary N) is 1. The molecular weight excluding hydrogens is 242 g/mol. The number of rotatable bonds is 2. The van der Waals surface area contributed by atoms with E-state index in [1.807, 2.05) is 18.8 Å². The number of fused-ring (bicyclic) bond motifs is 1. The molecule has 0 bridgehead atoms. The van der Waals surface area contributed by atoms with Crippen molar-refractivity contribution < 1.29 is 0 Å². The second-order valence-corrected chi connectivity index (χ2v) is 4.05. The van der Waals surface area contributed by atoms with Crippen LogP contribution in [0.4, 0.5) is 0 Å². The highest BCUT2D eigenvalue weighted by Crippen LogP contribution is 2.23. The van der Waals surface area contributed by atoms with Crippen LogP contribution in [0.25, 0.3) is 10.9 Å². The van der Waals surface area contributed by atoms with Gasteiger partial charge in [-0.3, -0.25) is 4.68 Å². The number of hydrogen-bond acceptors (Lipinski definition) is 2. The van der Waals surface area contributed by atoms with Gasteiger partial charge in [0.05, 0.1) is 5.52 Å². The van der Waals surface area contributed by atoms with Crippen molar-refractivity contribution in [3.63, 3.8) is 0 Å². The third-order valence-electron chi connectivity index (χ3n) is 2.25. The van der Waals surface area contributed by atoms with Crippen LogP contribution in [0.5, 0.6) is 0 Å². The molecule has 2 aromatic rings. The third-order valence-corrected chi connectivity index (χ3v) is 2.84. The van der Waals surface area contributed by atoms with Crippen molar-refractivity contribution in [2.45, 2.75) is 6.54 Å². The van der Waals surface area contributed by atoms with E-state index in [0.717, 1.165) is 16.7 Å². The molecule has 14 heavy (non-hydrogen) atoms. The Labute approximate surface area is 91.2 Å². The fourth-order valence-electron chi connectivity index (χ4n) is 1.58. The molecule has 1 aromatic heterocycles. The average molecular weight is 254 g/mol. The molecule has 0 spiro atoms. The molecule has 1 N–H and O–H groups in total. The summed E-state index contributed by atoms with van der Waals surface area (Å²) >= 11 is 3.45. The Morgan fingerprint density at radius 3 is 3.00 bits per heavy atom. The summed E-state index contributed by atoms with van der Waals surface area (Å²) in [7, 11) is 3.90. The minimum Gasteiger partial charge on any atom is -0.316 e. The zero-order valence-corrected chi connectivity index (χ0v) is 9.80. The third kappa shape index (κ3) is 1.55. The van der Waals surface area contributed by atoms with Crippen LogP contribution in [-0.4, -0.2) is 16.8 Å². The Bertz CT molecular complexity index is 462. The molecule has 0 radical (unpaired) electrons. The molecular formula is C10H12BrN3. The molecule has 0 saturated carbocycles. The van der Waals surface area contributed by atoms with Gasteiger partial charge >= 0.3 is 0 Å². The van der Waals surface area contributed by atoms with Crippen LogP contribution in [0.2, 0.25) is 0 Å². The molecule has 3 nitrogen and oxygen atoms in total. The van der Waals surface area contributed by atoms with Crippen molar-refractivity contribution in [3.05, 3.63) is 28.4 Å². The highest BCUT2D eigenvalue weighted by molar-refractivity contribution is 9.10. The predicted octanol–water partition coefficient (Wildman–Crippen LogP) is 2.06. The van der Waals surface area contributed by atoms with Gasteiger partial charge in [-0.2, -0.15) is 5.10 Å². The smallest absolute Gasteiger partial charge is 0.135 e. The second kappa shape index (κ2) is 3.71. The van der Waals surface area contributed by atoms with Crippen LogP contribution in [0.15, 0.2) is 22.8 Å². The number of hydrogen-bond donors (Lipinski definition) is 1. The van der Waals surface area contributed by atoms with Crippen molar-refractivity contribution in [3.8, 4) is 0 Å². The summed E-state index contributed by atoms with van der Waals surface area (Å²) in [6.07, 6.45) is 0. The first-order valence-corrected chi connectivity index (χ1v) is 5.27. The van der Waals surface area contributed by atoms with E-state index in [0.29, 0.717) is 0 Å². The first-order valence-electron chi connectivity index (χ1n) is 4.48. The van der Waals surface area contributed by atoms with Gasteiger partial charge in [-0.05, 0) is 40.7 Å². The standard InChI is InChI=1S/C10H12BrN3/c1-12-6-7-3-4-9-8(5-7)10(11)13-14(9)2/h3-5,12H,6H2,1-2H3. The molecule has 0 fully saturated rings. The lowest BCUT2D eigenvalue weighted by Crippen LogP contribution is -2.04. The summed E-state index contributed by atoms with van der Waals surface area (Å²) in [6.45, 7) is 0.886. The first kappa shape index (κ1) is 9.68. The zero-order valence-electron chi connectivity index (χ0n) is 8.21. The number of aromatic nitrogens is 2. The second-order valence-electron chi connectivity index (χ2n) is 3.30. The van der Waals surface area contributed by atoms with Crippen LogP contribution in [-0.2, 0) is 13.6 Å². The lowest BCUT2D eigenvalue weighted by atomic mass is 10.1. The van der Waals surface area contributed by atoms with Crippen LogP contribution < -0.4 is 5.32 Å². The molecule has 0 aliphatic rings. The minimum absolute atomic E-state index is 0.886. The van der Waals surface area contributed by atoms with Crippen LogP contribution in [0.3, 0.4) is 0 Å². The lowest BCUT2D eigenvalue weighted by Gasteiger charge is -2.00. The van der Waals surface area contributed by atoms with Crippen LogP contribution in [0.1, 0.15) is 5.56 Å². The summed E-state index contributed by atoms with van der Waals surface area (Å²) in [4.78, 5) is 0. The van der Waals surface area contributed by atoms with Gasteiger partial charge in [0.1, 0.15) is 4.60 Å². The van der Waals surface area contributed by atoms with Gasteiger partial charge in [0.15, 0.2) is 0 Å². The lowest BCUT2D eigenvalue weighted by molar-refractivity contribution is 0.788. The maximum Gasteiger partial charge on any atom is 0.135 e. The number of halogens is 1. The molecule has 0 unspecified atom stereocenters. The van der Waals surface area contributed by atoms with E-state index in [1.165, 1.54) is 10.9 Å². The van der Waals surface area contributed by atoms with Gasteiger partial charge in [-0.25, -0.2) is 0 Å². The molecule has 1 aromatic carbocycles. The van der Waals surface area contributed by atoms with Crippen molar-refractivity contribution in [2.24, 2.45) is 7.05 Å². The van der Waals surface area contributed by atoms with E-state index >= 15 is 0 Å². The van der Waals surface area contributed by atoms with Crippen molar-refractivity contribution in [1.82, 2.24) is 15.1 Å².